The van der Waals surface area contributed by atoms with Crippen LogP contribution in [0.25, 0.3) is 0 Å². The lowest BCUT2D eigenvalue weighted by Crippen LogP contribution is -2.13. The summed E-state index contributed by atoms with van der Waals surface area (Å²) in [6, 6.07) is 8.40. The number of hydrogen-bond acceptors (Lipinski definition) is 1. The van der Waals surface area contributed by atoms with E-state index in [9.17, 15) is 5.11 Å². The van der Waals surface area contributed by atoms with Crippen molar-refractivity contribution in [1.82, 2.24) is 0 Å². The summed E-state index contributed by atoms with van der Waals surface area (Å²) in [4.78, 5) is 0. The fourth-order valence-corrected chi connectivity index (χ4v) is 2.19. The van der Waals surface area contributed by atoms with Gasteiger partial charge in [-0.2, -0.15) is 0 Å². The van der Waals surface area contributed by atoms with Gasteiger partial charge < -0.3 is 5.11 Å². The third-order valence-electron chi connectivity index (χ3n) is 3.21. The molecule has 0 saturated carbocycles. The Hall–Kier alpha value is -1.08. The maximum atomic E-state index is 9.30. The number of rotatable bonds is 1. The molecule has 0 aromatic heterocycles. The minimum atomic E-state index is 0.197. The van der Waals surface area contributed by atoms with E-state index in [0.29, 0.717) is 5.92 Å². The molecule has 1 nitrogen and oxygen atoms in total. The topological polar surface area (TPSA) is 20.2 Å². The highest BCUT2D eigenvalue weighted by Crippen LogP contribution is 2.37. The molecule has 0 spiro atoms. The maximum absolute atomic E-state index is 9.30. The molecule has 2 unspecified atom stereocenters. The second kappa shape index (κ2) is 3.58. The highest BCUT2D eigenvalue weighted by Gasteiger charge is 2.22. The van der Waals surface area contributed by atoms with E-state index in [1.54, 1.807) is 0 Å². The Bertz CT molecular complexity index is 365. The maximum Gasteiger partial charge on any atom is 0.0534 e. The van der Waals surface area contributed by atoms with E-state index < -0.39 is 0 Å². The molecule has 0 aliphatic heterocycles. The number of hydrogen-bond donors (Lipinski definition) is 1. The summed E-state index contributed by atoms with van der Waals surface area (Å²) in [5, 5.41) is 9.30. The van der Waals surface area contributed by atoms with Crippen LogP contribution >= 0.6 is 0 Å². The van der Waals surface area contributed by atoms with E-state index in [4.69, 9.17) is 0 Å². The van der Waals surface area contributed by atoms with Crippen molar-refractivity contribution in [3.63, 3.8) is 0 Å². The minimum Gasteiger partial charge on any atom is -0.395 e. The van der Waals surface area contributed by atoms with E-state index >= 15 is 0 Å². The molecule has 1 aliphatic rings. The lowest BCUT2D eigenvalue weighted by molar-refractivity contribution is 0.281. The van der Waals surface area contributed by atoms with Crippen LogP contribution in [-0.2, 0) is 0 Å². The van der Waals surface area contributed by atoms with Crippen LogP contribution in [0, 0.1) is 0 Å². The van der Waals surface area contributed by atoms with Crippen molar-refractivity contribution in [2.45, 2.75) is 25.7 Å². The summed E-state index contributed by atoms with van der Waals surface area (Å²) in [7, 11) is 0. The Morgan fingerprint density at radius 2 is 1.86 bits per heavy atom. The van der Waals surface area contributed by atoms with Gasteiger partial charge in [0.1, 0.15) is 0 Å². The van der Waals surface area contributed by atoms with E-state index in [1.165, 1.54) is 16.7 Å². The Kier molecular flexibility index (Phi) is 2.42. The largest absolute Gasteiger partial charge is 0.395 e. The molecule has 1 N–H and O–H groups in total. The normalized spacial score (nSPS) is 25.5. The van der Waals surface area contributed by atoms with Crippen LogP contribution < -0.4 is 0 Å². The van der Waals surface area contributed by atoms with Crippen LogP contribution in [0.4, 0.5) is 0 Å². The fourth-order valence-electron chi connectivity index (χ4n) is 2.19. The molecule has 0 heterocycles. The third-order valence-corrected chi connectivity index (χ3v) is 3.21. The fraction of sp³-hybridized carbons (Fsp3) is 0.385. The van der Waals surface area contributed by atoms with Crippen LogP contribution in [0.5, 0.6) is 0 Å². The molecule has 0 fully saturated rings. The van der Waals surface area contributed by atoms with Crippen molar-refractivity contribution < 1.29 is 5.11 Å². The van der Waals surface area contributed by atoms with Gasteiger partial charge in [-0.05, 0) is 18.1 Å². The molecule has 2 atom stereocenters. The molecular formula is C13H16O. The Morgan fingerprint density at radius 3 is 2.50 bits per heavy atom. The Labute approximate surface area is 85.1 Å². The van der Waals surface area contributed by atoms with Crippen molar-refractivity contribution in [1.29, 1.82) is 0 Å². The summed E-state index contributed by atoms with van der Waals surface area (Å²) >= 11 is 0. The van der Waals surface area contributed by atoms with Gasteiger partial charge in [0.05, 0.1) is 6.61 Å². The van der Waals surface area contributed by atoms with Gasteiger partial charge in [0, 0.05) is 11.8 Å². The van der Waals surface area contributed by atoms with Crippen LogP contribution in [0.2, 0.25) is 0 Å². The summed E-state index contributed by atoms with van der Waals surface area (Å²) < 4.78 is 0. The Balaban J connectivity index is 2.52. The van der Waals surface area contributed by atoms with Crippen molar-refractivity contribution in [2.75, 3.05) is 6.61 Å². The monoisotopic (exact) mass is 188 g/mol. The SMILES string of the molecule is CC1=CC(CO)c2ccccc2C1C. The molecule has 1 aliphatic carbocycles. The van der Waals surface area contributed by atoms with Crippen molar-refractivity contribution in [3.05, 3.63) is 47.0 Å². The predicted molar refractivity (Wildman–Crippen MR) is 58.4 cm³/mol. The van der Waals surface area contributed by atoms with E-state index in [-0.39, 0.29) is 12.5 Å². The van der Waals surface area contributed by atoms with Crippen LogP contribution in [0.15, 0.2) is 35.9 Å². The molecule has 0 saturated heterocycles. The average Bonchev–Trinajstić information content (AvgIpc) is 2.23. The average molecular weight is 188 g/mol. The van der Waals surface area contributed by atoms with Crippen molar-refractivity contribution >= 4 is 0 Å². The number of aliphatic hydroxyl groups excluding tert-OH is 1. The quantitative estimate of drug-likeness (QED) is 0.672. The summed E-state index contributed by atoms with van der Waals surface area (Å²) in [5.41, 5.74) is 4.02. The standard InChI is InChI=1S/C13H16O/c1-9-7-11(8-14)13-6-4-3-5-12(13)10(9)2/h3-7,10-11,14H,8H2,1-2H3. The first-order valence-corrected chi connectivity index (χ1v) is 5.12. The number of aliphatic hydroxyl groups is 1. The smallest absolute Gasteiger partial charge is 0.0534 e. The minimum absolute atomic E-state index is 0.197. The molecular weight excluding hydrogens is 172 g/mol. The van der Waals surface area contributed by atoms with Gasteiger partial charge in [0.25, 0.3) is 0 Å². The van der Waals surface area contributed by atoms with E-state index in [1.807, 2.05) is 6.07 Å². The first-order valence-electron chi connectivity index (χ1n) is 5.12. The molecule has 1 aromatic carbocycles. The summed E-state index contributed by atoms with van der Waals surface area (Å²) in [6.45, 7) is 4.57. The number of benzene rings is 1. The van der Waals surface area contributed by atoms with Crippen molar-refractivity contribution in [3.8, 4) is 0 Å². The van der Waals surface area contributed by atoms with Gasteiger partial charge in [-0.1, -0.05) is 42.8 Å². The molecule has 14 heavy (non-hydrogen) atoms. The zero-order chi connectivity index (χ0) is 10.1. The van der Waals surface area contributed by atoms with Gasteiger partial charge >= 0.3 is 0 Å². The molecule has 0 amide bonds. The highest BCUT2D eigenvalue weighted by molar-refractivity contribution is 5.43. The molecule has 0 radical (unpaired) electrons. The predicted octanol–water partition coefficient (Wildman–Crippen LogP) is 2.83. The zero-order valence-corrected chi connectivity index (χ0v) is 8.70. The first-order chi connectivity index (χ1) is 6.74. The van der Waals surface area contributed by atoms with Crippen LogP contribution in [0.3, 0.4) is 0 Å². The number of allylic oxidation sites excluding steroid dienone is 1. The second-order valence-corrected chi connectivity index (χ2v) is 4.05. The zero-order valence-electron chi connectivity index (χ0n) is 8.70. The van der Waals surface area contributed by atoms with Gasteiger partial charge in [0.15, 0.2) is 0 Å². The van der Waals surface area contributed by atoms with E-state index in [2.05, 4.69) is 38.1 Å². The van der Waals surface area contributed by atoms with Gasteiger partial charge in [-0.3, -0.25) is 0 Å². The van der Waals surface area contributed by atoms with E-state index in [0.717, 1.165) is 0 Å². The Morgan fingerprint density at radius 1 is 1.21 bits per heavy atom. The number of fused-ring (bicyclic) bond motifs is 1. The molecule has 1 aromatic rings. The van der Waals surface area contributed by atoms with Crippen LogP contribution in [-0.4, -0.2) is 11.7 Å². The van der Waals surface area contributed by atoms with Crippen molar-refractivity contribution in [2.24, 2.45) is 0 Å². The highest BCUT2D eigenvalue weighted by atomic mass is 16.3. The van der Waals surface area contributed by atoms with Gasteiger partial charge in [-0.15, -0.1) is 0 Å². The van der Waals surface area contributed by atoms with Gasteiger partial charge in [0.2, 0.25) is 0 Å². The van der Waals surface area contributed by atoms with Crippen LogP contribution in [0.1, 0.15) is 36.8 Å². The summed E-state index contributed by atoms with van der Waals surface area (Å²) in [5.74, 6) is 0.691. The second-order valence-electron chi connectivity index (χ2n) is 4.05. The molecule has 74 valence electrons. The third kappa shape index (κ3) is 1.38. The molecule has 2 rings (SSSR count). The summed E-state index contributed by atoms with van der Waals surface area (Å²) in [6.07, 6.45) is 2.19. The first kappa shape index (κ1) is 9.47. The lowest BCUT2D eigenvalue weighted by Gasteiger charge is -2.27. The molecule has 0 bridgehead atoms. The van der Waals surface area contributed by atoms with Gasteiger partial charge in [-0.25, -0.2) is 0 Å². The lowest BCUT2D eigenvalue weighted by atomic mass is 9.79. The molecule has 1 heteroatoms.